The number of nitriles is 1. The van der Waals surface area contributed by atoms with E-state index in [9.17, 15) is 10.1 Å². The number of rotatable bonds is 7. The zero-order chi connectivity index (χ0) is 21.3. The molecule has 1 saturated heterocycles. The Kier molecular flexibility index (Phi) is 9.10. The molecule has 29 heavy (non-hydrogen) atoms. The average molecular weight is 415 g/mol. The first-order chi connectivity index (χ1) is 13.8. The Morgan fingerprint density at radius 2 is 2.03 bits per heavy atom. The van der Waals surface area contributed by atoms with E-state index in [0.29, 0.717) is 0 Å². The fraction of sp³-hybridized carbons (Fsp3) is 0.583. The van der Waals surface area contributed by atoms with Crippen LogP contribution in [-0.4, -0.2) is 35.9 Å². The minimum Gasteiger partial charge on any atom is -0.444 e. The number of amides is 1. The van der Waals surface area contributed by atoms with Crippen LogP contribution < -0.4 is 0 Å². The Morgan fingerprint density at radius 1 is 1.31 bits per heavy atom. The molecule has 0 radical (unpaired) electrons. The summed E-state index contributed by atoms with van der Waals surface area (Å²) in [6.45, 7) is 7.36. The zero-order valence-corrected chi connectivity index (χ0v) is 19.1. The standard InChI is InChI=1S/C24H34N2O2S/c1-24(2,3)28-23(27)26-15-13-19(14-16-26)9-7-5-6-8-10-20-11-12-22(29-4)21(17-20)18-25/h8,10-12,17,19H,5-7,9,13-16H2,1-4H3/b10-8+. The van der Waals surface area contributed by atoms with E-state index in [1.807, 2.05) is 44.1 Å². The molecule has 0 unspecified atom stereocenters. The lowest BCUT2D eigenvalue weighted by Crippen LogP contribution is -2.41. The summed E-state index contributed by atoms with van der Waals surface area (Å²) in [6, 6.07) is 8.32. The highest BCUT2D eigenvalue weighted by Crippen LogP contribution is 2.25. The molecule has 1 aromatic carbocycles. The van der Waals surface area contributed by atoms with Gasteiger partial charge in [0.05, 0.1) is 5.56 Å². The van der Waals surface area contributed by atoms with Crippen molar-refractivity contribution in [1.82, 2.24) is 4.90 Å². The quantitative estimate of drug-likeness (QED) is 0.377. The van der Waals surface area contributed by atoms with Gasteiger partial charge in [0.15, 0.2) is 0 Å². The normalized spacial score (nSPS) is 15.5. The third-order valence-corrected chi connectivity index (χ3v) is 5.95. The van der Waals surface area contributed by atoms with E-state index in [-0.39, 0.29) is 6.09 Å². The highest BCUT2D eigenvalue weighted by molar-refractivity contribution is 7.98. The number of carbonyl (C=O) groups excluding carboxylic acids is 1. The van der Waals surface area contributed by atoms with Crippen molar-refractivity contribution < 1.29 is 9.53 Å². The fourth-order valence-electron chi connectivity index (χ4n) is 3.56. The summed E-state index contributed by atoms with van der Waals surface area (Å²) < 4.78 is 5.46. The third kappa shape index (κ3) is 8.14. The molecule has 0 bridgehead atoms. The first-order valence-corrected chi connectivity index (χ1v) is 11.8. The summed E-state index contributed by atoms with van der Waals surface area (Å²) >= 11 is 1.61. The van der Waals surface area contributed by atoms with Crippen LogP contribution in [0.4, 0.5) is 4.79 Å². The molecule has 1 heterocycles. The van der Waals surface area contributed by atoms with Crippen molar-refractivity contribution in [2.75, 3.05) is 19.3 Å². The van der Waals surface area contributed by atoms with E-state index in [2.05, 4.69) is 24.3 Å². The maximum Gasteiger partial charge on any atom is 0.410 e. The number of carbonyl (C=O) groups is 1. The number of thioether (sulfide) groups is 1. The van der Waals surface area contributed by atoms with Crippen molar-refractivity contribution in [2.45, 2.75) is 69.8 Å². The molecule has 1 aliphatic rings. The highest BCUT2D eigenvalue weighted by atomic mass is 32.2. The topological polar surface area (TPSA) is 53.3 Å². The third-order valence-electron chi connectivity index (χ3n) is 5.15. The van der Waals surface area contributed by atoms with Crippen LogP contribution in [0.5, 0.6) is 0 Å². The van der Waals surface area contributed by atoms with Gasteiger partial charge in [0, 0.05) is 18.0 Å². The van der Waals surface area contributed by atoms with Crippen LogP contribution in [0.1, 0.15) is 70.4 Å². The number of nitrogens with zero attached hydrogens (tertiary/aromatic N) is 2. The molecule has 1 fully saturated rings. The molecule has 5 heteroatoms. The first kappa shape index (κ1) is 23.3. The van der Waals surface area contributed by atoms with E-state index < -0.39 is 5.60 Å². The molecule has 1 amide bonds. The molecule has 0 atom stereocenters. The molecule has 2 rings (SSSR count). The van der Waals surface area contributed by atoms with Crippen LogP contribution in [0, 0.1) is 17.2 Å². The van der Waals surface area contributed by atoms with Gasteiger partial charge in [0.2, 0.25) is 0 Å². The summed E-state index contributed by atoms with van der Waals surface area (Å²) in [5.74, 6) is 0.718. The van der Waals surface area contributed by atoms with Crippen LogP contribution in [0.2, 0.25) is 0 Å². The van der Waals surface area contributed by atoms with Gasteiger partial charge in [-0.3, -0.25) is 0 Å². The minimum absolute atomic E-state index is 0.175. The Balaban J connectivity index is 1.64. The van der Waals surface area contributed by atoms with Gasteiger partial charge in [-0.15, -0.1) is 11.8 Å². The molecule has 1 aliphatic heterocycles. The van der Waals surface area contributed by atoms with Gasteiger partial charge in [0.25, 0.3) is 0 Å². The highest BCUT2D eigenvalue weighted by Gasteiger charge is 2.26. The van der Waals surface area contributed by atoms with Crippen molar-refractivity contribution in [3.63, 3.8) is 0 Å². The van der Waals surface area contributed by atoms with Crippen molar-refractivity contribution in [3.05, 3.63) is 35.4 Å². The maximum absolute atomic E-state index is 12.1. The van der Waals surface area contributed by atoms with Gasteiger partial charge >= 0.3 is 6.09 Å². The molecular weight excluding hydrogens is 380 g/mol. The lowest BCUT2D eigenvalue weighted by atomic mass is 9.91. The summed E-state index contributed by atoms with van der Waals surface area (Å²) in [4.78, 5) is 15.0. The summed E-state index contributed by atoms with van der Waals surface area (Å²) in [5.41, 5.74) is 1.42. The fourth-order valence-corrected chi connectivity index (χ4v) is 4.09. The van der Waals surface area contributed by atoms with Crippen LogP contribution in [0.25, 0.3) is 6.08 Å². The van der Waals surface area contributed by atoms with Crippen LogP contribution in [-0.2, 0) is 4.74 Å². The molecule has 158 valence electrons. The van der Waals surface area contributed by atoms with Gasteiger partial charge in [-0.2, -0.15) is 5.26 Å². The van der Waals surface area contributed by atoms with Gasteiger partial charge in [-0.05, 0) is 76.3 Å². The molecule has 0 aliphatic carbocycles. The van der Waals surface area contributed by atoms with Crippen molar-refractivity contribution in [3.8, 4) is 6.07 Å². The second kappa shape index (κ2) is 11.3. The Morgan fingerprint density at radius 3 is 2.66 bits per heavy atom. The lowest BCUT2D eigenvalue weighted by Gasteiger charge is -2.33. The monoisotopic (exact) mass is 414 g/mol. The number of allylic oxidation sites excluding steroid dienone is 1. The lowest BCUT2D eigenvalue weighted by molar-refractivity contribution is 0.0180. The Hall–Kier alpha value is -1.93. The van der Waals surface area contributed by atoms with Crippen molar-refractivity contribution in [2.24, 2.45) is 5.92 Å². The van der Waals surface area contributed by atoms with Crippen LogP contribution in [0.15, 0.2) is 29.2 Å². The Bertz CT molecular complexity index is 738. The minimum atomic E-state index is -0.422. The average Bonchev–Trinajstić information content (AvgIpc) is 2.69. The maximum atomic E-state index is 12.1. The molecule has 1 aromatic rings. The predicted molar refractivity (Wildman–Crippen MR) is 121 cm³/mol. The van der Waals surface area contributed by atoms with Gasteiger partial charge < -0.3 is 9.64 Å². The number of unbranched alkanes of at least 4 members (excludes halogenated alkanes) is 2. The van der Waals surface area contributed by atoms with E-state index in [1.165, 1.54) is 19.3 Å². The molecule has 4 nitrogen and oxygen atoms in total. The van der Waals surface area contributed by atoms with E-state index >= 15 is 0 Å². The summed E-state index contributed by atoms with van der Waals surface area (Å²) in [5, 5.41) is 9.22. The molecule has 0 aromatic heterocycles. The Labute approximate surface area is 180 Å². The number of hydrogen-bond acceptors (Lipinski definition) is 4. The molecule has 0 N–H and O–H groups in total. The van der Waals surface area contributed by atoms with E-state index in [4.69, 9.17) is 4.74 Å². The van der Waals surface area contributed by atoms with E-state index in [0.717, 1.165) is 54.3 Å². The number of piperidine rings is 1. The predicted octanol–water partition coefficient (Wildman–Crippen LogP) is 6.50. The molecular formula is C24H34N2O2S. The SMILES string of the molecule is CSc1ccc(/C=C/CCCCC2CCN(C(=O)OC(C)(C)C)CC2)cc1C#N. The summed E-state index contributed by atoms with van der Waals surface area (Å²) in [7, 11) is 0. The van der Waals surface area contributed by atoms with E-state index in [1.54, 1.807) is 11.8 Å². The smallest absolute Gasteiger partial charge is 0.410 e. The second-order valence-electron chi connectivity index (χ2n) is 8.67. The molecule has 0 spiro atoms. The zero-order valence-electron chi connectivity index (χ0n) is 18.2. The number of ether oxygens (including phenoxy) is 1. The summed E-state index contributed by atoms with van der Waals surface area (Å²) in [6.07, 6.45) is 13.0. The largest absolute Gasteiger partial charge is 0.444 e. The van der Waals surface area contributed by atoms with Gasteiger partial charge in [0.1, 0.15) is 11.7 Å². The van der Waals surface area contributed by atoms with Crippen molar-refractivity contribution >= 4 is 23.9 Å². The van der Waals surface area contributed by atoms with Gasteiger partial charge in [-0.1, -0.05) is 31.1 Å². The number of likely N-dealkylation sites (tertiary alicyclic amines) is 1. The van der Waals surface area contributed by atoms with Crippen molar-refractivity contribution in [1.29, 1.82) is 5.26 Å². The van der Waals surface area contributed by atoms with Crippen LogP contribution in [0.3, 0.4) is 0 Å². The number of hydrogen-bond donors (Lipinski definition) is 0. The first-order valence-electron chi connectivity index (χ1n) is 10.5. The van der Waals surface area contributed by atoms with Crippen LogP contribution >= 0.6 is 11.8 Å². The molecule has 0 saturated carbocycles. The second-order valence-corrected chi connectivity index (χ2v) is 9.52. The van der Waals surface area contributed by atoms with Gasteiger partial charge in [-0.25, -0.2) is 4.79 Å². The number of benzene rings is 1.